The molecule has 2 aromatic heterocycles. The first-order valence-electron chi connectivity index (χ1n) is 9.56. The standard InChI is InChI=1S/C20H16F3N5O3.CH2O2/c1-11-10-24-19(25-13-6-7-15(30-18(22)23)12(8-13)9-21)26-17(11)27-28-14-4-2-3-5-16(14)31-20(28)29;2-1-3/h2-8,10,18H,9H2,1H3,(H2,24,25,26,27);1H,(H,2,3). The van der Waals surface area contributed by atoms with E-state index in [4.69, 9.17) is 14.3 Å². The molecule has 0 fully saturated rings. The Labute approximate surface area is 189 Å². The second-order valence-corrected chi connectivity index (χ2v) is 6.57. The van der Waals surface area contributed by atoms with E-state index in [-0.39, 0.29) is 23.7 Å². The molecular formula is C21H18F3N5O5. The van der Waals surface area contributed by atoms with Gasteiger partial charge in [-0.05, 0) is 37.3 Å². The molecule has 10 nitrogen and oxygen atoms in total. The maximum Gasteiger partial charge on any atom is 0.439 e. The highest BCUT2D eigenvalue weighted by molar-refractivity contribution is 5.73. The number of fused-ring (bicyclic) bond motifs is 1. The number of hydrogen-bond donors (Lipinski definition) is 3. The third-order valence-electron chi connectivity index (χ3n) is 4.35. The highest BCUT2D eigenvalue weighted by Gasteiger charge is 2.13. The first-order chi connectivity index (χ1) is 16.4. The molecule has 13 heteroatoms. The van der Waals surface area contributed by atoms with E-state index >= 15 is 0 Å². The molecule has 0 spiro atoms. The zero-order valence-electron chi connectivity index (χ0n) is 17.5. The highest BCUT2D eigenvalue weighted by atomic mass is 19.3. The summed E-state index contributed by atoms with van der Waals surface area (Å²) in [5.41, 5.74) is 4.81. The van der Waals surface area contributed by atoms with Gasteiger partial charge < -0.3 is 19.6 Å². The molecule has 0 saturated heterocycles. The van der Waals surface area contributed by atoms with Gasteiger partial charge in [0.05, 0.1) is 0 Å². The molecular weight excluding hydrogens is 459 g/mol. The van der Waals surface area contributed by atoms with E-state index in [1.54, 1.807) is 31.2 Å². The number of halogens is 3. The monoisotopic (exact) mass is 477 g/mol. The molecule has 34 heavy (non-hydrogen) atoms. The summed E-state index contributed by atoms with van der Waals surface area (Å²) in [4.78, 5) is 29.0. The average molecular weight is 477 g/mol. The van der Waals surface area contributed by atoms with Crippen LogP contribution in [0, 0.1) is 6.92 Å². The quantitative estimate of drug-likeness (QED) is 0.337. The molecule has 0 bridgehead atoms. The number of aryl methyl sites for hydroxylation is 1. The van der Waals surface area contributed by atoms with Crippen molar-refractivity contribution in [3.05, 3.63) is 70.3 Å². The summed E-state index contributed by atoms with van der Waals surface area (Å²) < 4.78 is 48.8. The van der Waals surface area contributed by atoms with Crippen molar-refractivity contribution in [2.45, 2.75) is 20.2 Å². The van der Waals surface area contributed by atoms with Gasteiger partial charge in [-0.15, -0.1) is 0 Å². The number of nitrogens with one attached hydrogen (secondary N) is 2. The normalized spacial score (nSPS) is 10.5. The summed E-state index contributed by atoms with van der Waals surface area (Å²) in [7, 11) is 0. The van der Waals surface area contributed by atoms with Crippen LogP contribution in [0.2, 0.25) is 0 Å². The second kappa shape index (κ2) is 10.8. The van der Waals surface area contributed by atoms with Gasteiger partial charge in [0.25, 0.3) is 6.47 Å². The molecule has 2 heterocycles. The minimum Gasteiger partial charge on any atom is -0.483 e. The van der Waals surface area contributed by atoms with Gasteiger partial charge in [-0.2, -0.15) is 18.4 Å². The number of hydrogen-bond acceptors (Lipinski definition) is 8. The van der Waals surface area contributed by atoms with Crippen LogP contribution in [0.3, 0.4) is 0 Å². The topological polar surface area (TPSA) is 132 Å². The van der Waals surface area contributed by atoms with E-state index in [0.29, 0.717) is 28.2 Å². The molecule has 0 atom stereocenters. The molecule has 0 aliphatic heterocycles. The number of rotatable bonds is 7. The van der Waals surface area contributed by atoms with E-state index < -0.39 is 19.0 Å². The van der Waals surface area contributed by atoms with Gasteiger partial charge in [0.1, 0.15) is 17.9 Å². The summed E-state index contributed by atoms with van der Waals surface area (Å²) in [6, 6.07) is 10.9. The predicted molar refractivity (Wildman–Crippen MR) is 116 cm³/mol. The van der Waals surface area contributed by atoms with E-state index in [1.165, 1.54) is 29.1 Å². The van der Waals surface area contributed by atoms with Gasteiger partial charge in [0.15, 0.2) is 11.4 Å². The van der Waals surface area contributed by atoms with E-state index in [2.05, 4.69) is 25.4 Å². The van der Waals surface area contributed by atoms with E-state index in [1.807, 2.05) is 0 Å². The highest BCUT2D eigenvalue weighted by Crippen LogP contribution is 2.27. The number of oxazole rings is 1. The van der Waals surface area contributed by atoms with Crippen LogP contribution in [0.25, 0.3) is 11.1 Å². The Morgan fingerprint density at radius 1 is 1.26 bits per heavy atom. The lowest BCUT2D eigenvalue weighted by Gasteiger charge is -2.13. The molecule has 4 aromatic rings. The lowest BCUT2D eigenvalue weighted by atomic mass is 10.2. The molecule has 3 N–H and O–H groups in total. The first kappa shape index (κ1) is 24.1. The van der Waals surface area contributed by atoms with Crippen LogP contribution in [0.1, 0.15) is 11.1 Å². The fraction of sp³-hybridized carbons (Fsp3) is 0.143. The van der Waals surface area contributed by atoms with Gasteiger partial charge in [-0.3, -0.25) is 10.2 Å². The maximum atomic E-state index is 13.2. The van der Waals surface area contributed by atoms with Gasteiger partial charge in [0.2, 0.25) is 5.95 Å². The van der Waals surface area contributed by atoms with E-state index in [9.17, 15) is 18.0 Å². The molecule has 178 valence electrons. The number of para-hydroxylation sites is 2. The first-order valence-corrected chi connectivity index (χ1v) is 9.56. The van der Waals surface area contributed by atoms with Gasteiger partial charge in [0, 0.05) is 23.0 Å². The number of nitrogens with zero attached hydrogens (tertiary/aromatic N) is 3. The summed E-state index contributed by atoms with van der Waals surface area (Å²) in [5, 5.41) is 9.76. The van der Waals surface area contributed by atoms with Crippen molar-refractivity contribution in [2.75, 3.05) is 10.7 Å². The lowest BCUT2D eigenvalue weighted by Crippen LogP contribution is -2.23. The summed E-state index contributed by atoms with van der Waals surface area (Å²) >= 11 is 0. The largest absolute Gasteiger partial charge is 0.483 e. The minimum atomic E-state index is -3.06. The Bertz CT molecular complexity index is 1340. The molecule has 0 aliphatic rings. The molecule has 2 aromatic carbocycles. The molecule has 0 aliphatic carbocycles. The van der Waals surface area contributed by atoms with Crippen molar-refractivity contribution < 1.29 is 32.2 Å². The van der Waals surface area contributed by atoms with Crippen LogP contribution in [-0.2, 0) is 11.5 Å². The summed E-state index contributed by atoms with van der Waals surface area (Å²) in [6.07, 6.45) is 1.52. The van der Waals surface area contributed by atoms with Gasteiger partial charge >= 0.3 is 12.4 Å². The smallest absolute Gasteiger partial charge is 0.439 e. The second-order valence-electron chi connectivity index (χ2n) is 6.57. The van der Waals surface area contributed by atoms with E-state index in [0.717, 1.165) is 0 Å². The van der Waals surface area contributed by atoms with Crippen molar-refractivity contribution in [1.29, 1.82) is 0 Å². The molecule has 0 unspecified atom stereocenters. The zero-order chi connectivity index (χ0) is 24.7. The fourth-order valence-corrected chi connectivity index (χ4v) is 2.90. The van der Waals surface area contributed by atoms with Gasteiger partial charge in [-0.25, -0.2) is 14.2 Å². The van der Waals surface area contributed by atoms with Crippen LogP contribution in [0.5, 0.6) is 5.75 Å². The number of aromatic nitrogens is 3. The van der Waals surface area contributed by atoms with Gasteiger partial charge in [-0.1, -0.05) is 12.1 Å². The number of anilines is 3. The SMILES string of the molecule is Cc1cnc(Nc2ccc(OC(F)F)c(CF)c2)nc1Nn1c(=O)oc2ccccc21.O=CO. The minimum absolute atomic E-state index is 0.0489. The average Bonchev–Trinajstić information content (AvgIpc) is 3.12. The Morgan fingerprint density at radius 3 is 2.71 bits per heavy atom. The number of ether oxygens (including phenoxy) is 1. The Kier molecular flexibility index (Phi) is 7.69. The third-order valence-corrected chi connectivity index (χ3v) is 4.35. The van der Waals surface area contributed by atoms with Crippen LogP contribution in [0.4, 0.5) is 30.6 Å². The van der Waals surface area contributed by atoms with Crippen molar-refractivity contribution in [1.82, 2.24) is 14.6 Å². The van der Waals surface area contributed by atoms with Crippen LogP contribution in [0.15, 0.2) is 57.9 Å². The fourth-order valence-electron chi connectivity index (χ4n) is 2.90. The van der Waals surface area contributed by atoms with Crippen LogP contribution in [-0.4, -0.2) is 32.8 Å². The van der Waals surface area contributed by atoms with Crippen LogP contribution >= 0.6 is 0 Å². The number of carbonyl (C=O) groups is 1. The van der Waals surface area contributed by atoms with Crippen molar-refractivity contribution in [3.63, 3.8) is 0 Å². The summed E-state index contributed by atoms with van der Waals surface area (Å²) in [6.45, 7) is -2.55. The molecule has 0 saturated carbocycles. The lowest BCUT2D eigenvalue weighted by molar-refractivity contribution is -0.122. The van der Waals surface area contributed by atoms with Crippen LogP contribution < -0.4 is 21.2 Å². The zero-order valence-corrected chi connectivity index (χ0v) is 17.5. The molecule has 4 rings (SSSR count). The maximum absolute atomic E-state index is 13.2. The Hall–Kier alpha value is -4.55. The Morgan fingerprint density at radius 2 is 2.00 bits per heavy atom. The molecule has 0 radical (unpaired) electrons. The van der Waals surface area contributed by atoms with Crippen molar-refractivity contribution >= 4 is 35.0 Å². The van der Waals surface area contributed by atoms with Crippen molar-refractivity contribution in [3.8, 4) is 5.75 Å². The predicted octanol–water partition coefficient (Wildman–Crippen LogP) is 4.08. The molecule has 0 amide bonds. The van der Waals surface area contributed by atoms with Crippen molar-refractivity contribution in [2.24, 2.45) is 0 Å². The third kappa shape index (κ3) is 5.62. The number of carboxylic acid groups (broad SMARTS) is 1. The summed E-state index contributed by atoms with van der Waals surface area (Å²) in [5.74, 6) is -0.395. The Balaban J connectivity index is 0.00000103. The number of benzene rings is 2. The number of alkyl halides is 3.